The molecule has 4 nitrogen and oxygen atoms in total. The summed E-state index contributed by atoms with van der Waals surface area (Å²) in [7, 11) is 0. The van der Waals surface area contributed by atoms with Crippen molar-refractivity contribution in [2.75, 3.05) is 18.0 Å². The fraction of sp³-hybridized carbons (Fsp3) is 0.333. The van der Waals surface area contributed by atoms with Gasteiger partial charge >= 0.3 is 0 Å². The Bertz CT molecular complexity index is 548. The van der Waals surface area contributed by atoms with E-state index < -0.39 is 0 Å². The third kappa shape index (κ3) is 2.44. The summed E-state index contributed by atoms with van der Waals surface area (Å²) in [4.78, 5) is 11.0. The van der Waals surface area contributed by atoms with Crippen LogP contribution in [0.4, 0.5) is 5.82 Å². The number of nitrogens with zero attached hydrogens (tertiary/aromatic N) is 3. The first-order chi connectivity index (χ1) is 9.38. The van der Waals surface area contributed by atoms with Crippen LogP contribution in [0.1, 0.15) is 18.5 Å². The van der Waals surface area contributed by atoms with E-state index in [1.165, 1.54) is 12.8 Å². The zero-order chi connectivity index (χ0) is 13.1. The average molecular weight is 255 g/mol. The molecule has 0 aliphatic carbocycles. The Kier molecular flexibility index (Phi) is 3.42. The summed E-state index contributed by atoms with van der Waals surface area (Å²) < 4.78 is 0. The molecule has 1 aliphatic heterocycles. The maximum atomic E-state index is 9.32. The molecule has 0 unspecified atom stereocenters. The van der Waals surface area contributed by atoms with E-state index in [9.17, 15) is 5.11 Å². The molecule has 1 fully saturated rings. The highest BCUT2D eigenvalue weighted by Gasteiger charge is 2.13. The van der Waals surface area contributed by atoms with E-state index in [2.05, 4.69) is 27.0 Å². The molecule has 0 spiro atoms. The minimum atomic E-state index is -0.0515. The van der Waals surface area contributed by atoms with E-state index in [-0.39, 0.29) is 6.61 Å². The van der Waals surface area contributed by atoms with Gasteiger partial charge in [-0.15, -0.1) is 0 Å². The smallest absolute Gasteiger partial charge is 0.128 e. The molecule has 0 atom stereocenters. The van der Waals surface area contributed by atoms with Gasteiger partial charge in [-0.25, -0.2) is 4.98 Å². The lowest BCUT2D eigenvalue weighted by atomic mass is 10.1. The topological polar surface area (TPSA) is 49.3 Å². The SMILES string of the molecule is OCc1ncccc1-c1ccc(N2CCCC2)nc1. The number of hydrogen-bond acceptors (Lipinski definition) is 4. The van der Waals surface area contributed by atoms with Crippen molar-refractivity contribution in [2.24, 2.45) is 0 Å². The van der Waals surface area contributed by atoms with Crippen molar-refractivity contribution in [3.8, 4) is 11.1 Å². The molecular weight excluding hydrogens is 238 g/mol. The van der Waals surface area contributed by atoms with Crippen LogP contribution in [-0.2, 0) is 6.61 Å². The monoisotopic (exact) mass is 255 g/mol. The number of pyridine rings is 2. The zero-order valence-electron chi connectivity index (χ0n) is 10.8. The van der Waals surface area contributed by atoms with E-state index in [0.717, 1.165) is 30.0 Å². The van der Waals surface area contributed by atoms with Gasteiger partial charge in [0.1, 0.15) is 5.82 Å². The van der Waals surface area contributed by atoms with Crippen molar-refractivity contribution in [3.63, 3.8) is 0 Å². The lowest BCUT2D eigenvalue weighted by Crippen LogP contribution is -2.18. The van der Waals surface area contributed by atoms with Crippen molar-refractivity contribution < 1.29 is 5.11 Å². The van der Waals surface area contributed by atoms with E-state index >= 15 is 0 Å². The molecule has 0 amide bonds. The molecule has 0 bridgehead atoms. The fourth-order valence-electron chi connectivity index (χ4n) is 2.51. The summed E-state index contributed by atoms with van der Waals surface area (Å²) in [5.41, 5.74) is 2.64. The van der Waals surface area contributed by atoms with Gasteiger partial charge in [0.2, 0.25) is 0 Å². The third-order valence-corrected chi connectivity index (χ3v) is 3.53. The second-order valence-corrected chi connectivity index (χ2v) is 4.75. The summed E-state index contributed by atoms with van der Waals surface area (Å²) in [6, 6.07) is 7.94. The first-order valence-electron chi connectivity index (χ1n) is 6.64. The quantitative estimate of drug-likeness (QED) is 0.913. The van der Waals surface area contributed by atoms with Crippen LogP contribution >= 0.6 is 0 Å². The van der Waals surface area contributed by atoms with E-state index in [1.807, 2.05) is 18.3 Å². The van der Waals surface area contributed by atoms with Gasteiger partial charge in [-0.1, -0.05) is 6.07 Å². The van der Waals surface area contributed by atoms with Gasteiger partial charge in [0.15, 0.2) is 0 Å². The van der Waals surface area contributed by atoms with Crippen LogP contribution in [0.2, 0.25) is 0 Å². The molecule has 1 saturated heterocycles. The van der Waals surface area contributed by atoms with Crippen molar-refractivity contribution in [1.29, 1.82) is 0 Å². The van der Waals surface area contributed by atoms with Gasteiger partial charge in [0, 0.05) is 36.6 Å². The Labute approximate surface area is 112 Å². The second-order valence-electron chi connectivity index (χ2n) is 4.75. The van der Waals surface area contributed by atoms with Crippen LogP contribution in [0, 0.1) is 0 Å². The summed E-state index contributed by atoms with van der Waals surface area (Å²) in [6.45, 7) is 2.15. The number of aliphatic hydroxyl groups is 1. The van der Waals surface area contributed by atoms with Crippen LogP contribution in [0.3, 0.4) is 0 Å². The first-order valence-corrected chi connectivity index (χ1v) is 6.64. The van der Waals surface area contributed by atoms with Crippen LogP contribution in [0.25, 0.3) is 11.1 Å². The van der Waals surface area contributed by atoms with Crippen molar-refractivity contribution in [3.05, 3.63) is 42.4 Å². The summed E-state index contributed by atoms with van der Waals surface area (Å²) in [6.07, 6.45) is 6.06. The minimum Gasteiger partial charge on any atom is -0.390 e. The Morgan fingerprint density at radius 1 is 1.11 bits per heavy atom. The summed E-state index contributed by atoms with van der Waals surface area (Å²) >= 11 is 0. The third-order valence-electron chi connectivity index (χ3n) is 3.53. The number of aliphatic hydroxyl groups excluding tert-OH is 1. The average Bonchev–Trinajstić information content (AvgIpc) is 3.02. The second kappa shape index (κ2) is 5.36. The van der Waals surface area contributed by atoms with Gasteiger partial charge in [-0.3, -0.25) is 4.98 Å². The summed E-state index contributed by atoms with van der Waals surface area (Å²) in [5.74, 6) is 1.04. The molecule has 0 saturated carbocycles. The Morgan fingerprint density at radius 2 is 1.95 bits per heavy atom. The largest absolute Gasteiger partial charge is 0.390 e. The molecule has 19 heavy (non-hydrogen) atoms. The molecule has 4 heteroatoms. The van der Waals surface area contributed by atoms with Crippen molar-refractivity contribution in [2.45, 2.75) is 19.4 Å². The molecule has 1 aliphatic rings. The molecule has 1 N–H and O–H groups in total. The number of anilines is 1. The molecule has 3 rings (SSSR count). The predicted molar refractivity (Wildman–Crippen MR) is 74.8 cm³/mol. The Balaban J connectivity index is 1.89. The first kappa shape index (κ1) is 12.1. The van der Waals surface area contributed by atoms with Crippen LogP contribution in [0.5, 0.6) is 0 Å². The summed E-state index contributed by atoms with van der Waals surface area (Å²) in [5, 5.41) is 9.32. The highest BCUT2D eigenvalue weighted by molar-refractivity contribution is 5.66. The molecule has 0 aromatic carbocycles. The normalized spacial score (nSPS) is 14.9. The lowest BCUT2D eigenvalue weighted by molar-refractivity contribution is 0.277. The fourth-order valence-corrected chi connectivity index (χ4v) is 2.51. The minimum absolute atomic E-state index is 0.0515. The Morgan fingerprint density at radius 3 is 2.63 bits per heavy atom. The maximum Gasteiger partial charge on any atom is 0.128 e. The number of aromatic nitrogens is 2. The van der Waals surface area contributed by atoms with E-state index in [4.69, 9.17) is 0 Å². The highest BCUT2D eigenvalue weighted by atomic mass is 16.3. The highest BCUT2D eigenvalue weighted by Crippen LogP contribution is 2.24. The molecule has 2 aromatic heterocycles. The van der Waals surface area contributed by atoms with Gasteiger partial charge in [-0.2, -0.15) is 0 Å². The van der Waals surface area contributed by atoms with Crippen LogP contribution < -0.4 is 4.90 Å². The molecule has 0 radical (unpaired) electrons. The van der Waals surface area contributed by atoms with E-state index in [0.29, 0.717) is 5.69 Å². The van der Waals surface area contributed by atoms with Gasteiger partial charge < -0.3 is 10.0 Å². The molecular formula is C15H17N3O. The number of hydrogen-bond donors (Lipinski definition) is 1. The lowest BCUT2D eigenvalue weighted by Gasteiger charge is -2.16. The van der Waals surface area contributed by atoms with Crippen LogP contribution in [-0.4, -0.2) is 28.2 Å². The Hall–Kier alpha value is -1.94. The molecule has 98 valence electrons. The number of rotatable bonds is 3. The van der Waals surface area contributed by atoms with Gasteiger partial charge in [-0.05, 0) is 31.0 Å². The van der Waals surface area contributed by atoms with Crippen molar-refractivity contribution in [1.82, 2.24) is 9.97 Å². The molecule has 3 heterocycles. The van der Waals surface area contributed by atoms with Crippen molar-refractivity contribution >= 4 is 5.82 Å². The van der Waals surface area contributed by atoms with E-state index in [1.54, 1.807) is 6.20 Å². The van der Waals surface area contributed by atoms with Crippen LogP contribution in [0.15, 0.2) is 36.7 Å². The standard InChI is InChI=1S/C15H17N3O/c19-11-14-13(4-3-7-16-14)12-5-6-15(17-10-12)18-8-1-2-9-18/h3-7,10,19H,1-2,8-9,11H2. The molecule has 2 aromatic rings. The zero-order valence-corrected chi connectivity index (χ0v) is 10.8. The van der Waals surface area contributed by atoms with Gasteiger partial charge in [0.05, 0.1) is 12.3 Å². The maximum absolute atomic E-state index is 9.32. The predicted octanol–water partition coefficient (Wildman–Crippen LogP) is 2.24. The van der Waals surface area contributed by atoms with Gasteiger partial charge in [0.25, 0.3) is 0 Å².